The monoisotopic (exact) mass is 173 g/mol. The van der Waals surface area contributed by atoms with E-state index in [1.165, 1.54) is 0 Å². The van der Waals surface area contributed by atoms with Gasteiger partial charge in [-0.2, -0.15) is 5.26 Å². The van der Waals surface area contributed by atoms with Crippen LogP contribution in [0, 0.1) is 11.3 Å². The molecule has 0 saturated heterocycles. The summed E-state index contributed by atoms with van der Waals surface area (Å²) in [4.78, 5) is 0. The second-order valence-corrected chi connectivity index (χ2v) is 2.63. The van der Waals surface area contributed by atoms with E-state index < -0.39 is 0 Å². The number of nitrogens with zero attached hydrogens (tertiary/aromatic N) is 1. The minimum Gasteiger partial charge on any atom is -0.497 e. The maximum atomic E-state index is 8.59. The first-order valence-electron chi connectivity index (χ1n) is 3.81. The Morgan fingerprint density at radius 2 is 2.23 bits per heavy atom. The molecule has 0 saturated carbocycles. The van der Waals surface area contributed by atoms with Crippen molar-refractivity contribution in [2.75, 3.05) is 7.11 Å². The van der Waals surface area contributed by atoms with Gasteiger partial charge in [0.25, 0.3) is 0 Å². The van der Waals surface area contributed by atoms with Crippen molar-refractivity contribution in [1.82, 2.24) is 0 Å². The number of furan rings is 1. The second-order valence-electron chi connectivity index (χ2n) is 2.63. The van der Waals surface area contributed by atoms with Crippen molar-refractivity contribution < 1.29 is 9.15 Å². The average molecular weight is 173 g/mol. The molecule has 64 valence electrons. The van der Waals surface area contributed by atoms with E-state index in [0.717, 1.165) is 11.1 Å². The van der Waals surface area contributed by atoms with Gasteiger partial charge in [0.2, 0.25) is 5.76 Å². The molecular weight excluding hydrogens is 166 g/mol. The van der Waals surface area contributed by atoms with Gasteiger partial charge in [0, 0.05) is 11.5 Å². The fraction of sp³-hybridized carbons (Fsp3) is 0.100. The molecule has 2 rings (SSSR count). The van der Waals surface area contributed by atoms with Crippen molar-refractivity contribution in [2.24, 2.45) is 0 Å². The Hall–Kier alpha value is -1.95. The molecule has 0 aliphatic carbocycles. The van der Waals surface area contributed by atoms with Crippen LogP contribution in [0.1, 0.15) is 5.76 Å². The summed E-state index contributed by atoms with van der Waals surface area (Å²) in [5, 5.41) is 9.48. The summed E-state index contributed by atoms with van der Waals surface area (Å²) in [5.41, 5.74) is 0.706. The molecule has 0 aliphatic heterocycles. The summed E-state index contributed by atoms with van der Waals surface area (Å²) in [6.07, 6.45) is 0. The fourth-order valence-electron chi connectivity index (χ4n) is 1.20. The van der Waals surface area contributed by atoms with Crippen LogP contribution in [0.4, 0.5) is 0 Å². The van der Waals surface area contributed by atoms with E-state index in [9.17, 15) is 0 Å². The van der Waals surface area contributed by atoms with E-state index in [0.29, 0.717) is 11.3 Å². The highest BCUT2D eigenvalue weighted by Gasteiger charge is 2.03. The standard InChI is InChI=1S/C10H7NO2/c1-12-8-2-3-10-7(4-8)5-9(6-11)13-10/h2-5H,1H3. The number of methoxy groups -OCH3 is 1. The van der Waals surface area contributed by atoms with Crippen molar-refractivity contribution in [3.8, 4) is 11.8 Å². The van der Waals surface area contributed by atoms with E-state index in [1.54, 1.807) is 25.3 Å². The molecule has 1 heterocycles. The van der Waals surface area contributed by atoms with Crippen LogP contribution < -0.4 is 4.74 Å². The summed E-state index contributed by atoms with van der Waals surface area (Å²) in [6.45, 7) is 0. The minimum atomic E-state index is 0.322. The van der Waals surface area contributed by atoms with E-state index >= 15 is 0 Å². The molecule has 3 nitrogen and oxygen atoms in total. The van der Waals surface area contributed by atoms with Crippen LogP contribution in [0.15, 0.2) is 28.7 Å². The maximum Gasteiger partial charge on any atom is 0.204 e. The smallest absolute Gasteiger partial charge is 0.204 e. The zero-order chi connectivity index (χ0) is 9.26. The van der Waals surface area contributed by atoms with Crippen LogP contribution in [0.2, 0.25) is 0 Å². The van der Waals surface area contributed by atoms with Gasteiger partial charge in [-0.25, -0.2) is 0 Å². The van der Waals surface area contributed by atoms with Crippen molar-refractivity contribution in [3.63, 3.8) is 0 Å². The average Bonchev–Trinajstić information content (AvgIpc) is 2.58. The maximum absolute atomic E-state index is 8.59. The molecule has 2 aromatic rings. The number of fused-ring (bicyclic) bond motifs is 1. The predicted octanol–water partition coefficient (Wildman–Crippen LogP) is 2.31. The third-order valence-electron chi connectivity index (χ3n) is 1.83. The molecule has 1 aromatic heterocycles. The highest BCUT2D eigenvalue weighted by atomic mass is 16.5. The van der Waals surface area contributed by atoms with E-state index in [4.69, 9.17) is 14.4 Å². The molecule has 0 unspecified atom stereocenters. The number of hydrogen-bond donors (Lipinski definition) is 0. The predicted molar refractivity (Wildman–Crippen MR) is 47.5 cm³/mol. The summed E-state index contributed by atoms with van der Waals surface area (Å²) in [6, 6.07) is 9.06. The lowest BCUT2D eigenvalue weighted by atomic mass is 10.2. The van der Waals surface area contributed by atoms with E-state index in [-0.39, 0.29) is 0 Å². The Kier molecular flexibility index (Phi) is 1.67. The van der Waals surface area contributed by atoms with Gasteiger partial charge in [-0.05, 0) is 18.2 Å². The zero-order valence-electron chi connectivity index (χ0n) is 7.07. The summed E-state index contributed by atoms with van der Waals surface area (Å²) in [7, 11) is 1.60. The molecular formula is C10H7NO2. The highest BCUT2D eigenvalue weighted by molar-refractivity contribution is 5.80. The first-order valence-corrected chi connectivity index (χ1v) is 3.81. The number of rotatable bonds is 1. The van der Waals surface area contributed by atoms with Crippen molar-refractivity contribution in [1.29, 1.82) is 5.26 Å². The van der Waals surface area contributed by atoms with Gasteiger partial charge in [-0.15, -0.1) is 0 Å². The number of ether oxygens (including phenoxy) is 1. The van der Waals surface area contributed by atoms with Crippen LogP contribution in [-0.2, 0) is 0 Å². The number of nitriles is 1. The first-order chi connectivity index (χ1) is 6.33. The molecule has 0 N–H and O–H groups in total. The van der Waals surface area contributed by atoms with Gasteiger partial charge in [0.1, 0.15) is 17.4 Å². The van der Waals surface area contributed by atoms with Crippen LogP contribution in [-0.4, -0.2) is 7.11 Å². The fourth-order valence-corrected chi connectivity index (χ4v) is 1.20. The third-order valence-corrected chi connectivity index (χ3v) is 1.83. The lowest BCUT2D eigenvalue weighted by Crippen LogP contribution is -1.79. The van der Waals surface area contributed by atoms with Gasteiger partial charge < -0.3 is 9.15 Å². The Morgan fingerprint density at radius 1 is 1.38 bits per heavy atom. The van der Waals surface area contributed by atoms with Crippen LogP contribution in [0.5, 0.6) is 5.75 Å². The summed E-state index contributed by atoms with van der Waals surface area (Å²) < 4.78 is 10.2. The normalized spacial score (nSPS) is 9.85. The van der Waals surface area contributed by atoms with Gasteiger partial charge >= 0.3 is 0 Å². The van der Waals surface area contributed by atoms with Gasteiger partial charge in [0.05, 0.1) is 7.11 Å². The third kappa shape index (κ3) is 1.23. The molecule has 0 fully saturated rings. The lowest BCUT2D eigenvalue weighted by Gasteiger charge is -1.96. The van der Waals surface area contributed by atoms with Crippen molar-refractivity contribution in [2.45, 2.75) is 0 Å². The Morgan fingerprint density at radius 3 is 2.92 bits per heavy atom. The number of benzene rings is 1. The molecule has 3 heteroatoms. The second kappa shape index (κ2) is 2.83. The first kappa shape index (κ1) is 7.69. The van der Waals surface area contributed by atoms with Crippen LogP contribution >= 0.6 is 0 Å². The highest BCUT2D eigenvalue weighted by Crippen LogP contribution is 2.23. The quantitative estimate of drug-likeness (QED) is 0.664. The van der Waals surface area contributed by atoms with Crippen molar-refractivity contribution in [3.05, 3.63) is 30.0 Å². The SMILES string of the molecule is COc1ccc2oc(C#N)cc2c1. The van der Waals surface area contributed by atoms with Crippen molar-refractivity contribution >= 4 is 11.0 Å². The van der Waals surface area contributed by atoms with Gasteiger partial charge in [-0.3, -0.25) is 0 Å². The van der Waals surface area contributed by atoms with E-state index in [1.807, 2.05) is 12.1 Å². The number of hydrogen-bond acceptors (Lipinski definition) is 3. The zero-order valence-corrected chi connectivity index (χ0v) is 7.07. The molecule has 0 spiro atoms. The van der Waals surface area contributed by atoms with E-state index in [2.05, 4.69) is 0 Å². The molecule has 0 atom stereocenters. The largest absolute Gasteiger partial charge is 0.497 e. The summed E-state index contributed by atoms with van der Waals surface area (Å²) in [5.74, 6) is 1.08. The lowest BCUT2D eigenvalue weighted by molar-refractivity contribution is 0.415. The minimum absolute atomic E-state index is 0.322. The molecule has 0 aliphatic rings. The summed E-state index contributed by atoms with van der Waals surface area (Å²) >= 11 is 0. The molecule has 13 heavy (non-hydrogen) atoms. The Labute approximate surface area is 75.1 Å². The molecule has 0 amide bonds. The topological polar surface area (TPSA) is 46.2 Å². The molecule has 0 bridgehead atoms. The van der Waals surface area contributed by atoms with Crippen LogP contribution in [0.25, 0.3) is 11.0 Å². The Bertz CT molecular complexity index is 479. The molecule has 1 aromatic carbocycles. The molecule has 0 radical (unpaired) electrons. The van der Waals surface area contributed by atoms with Gasteiger partial charge in [0.15, 0.2) is 0 Å². The van der Waals surface area contributed by atoms with Gasteiger partial charge in [-0.1, -0.05) is 0 Å². The van der Waals surface area contributed by atoms with Crippen LogP contribution in [0.3, 0.4) is 0 Å². The Balaban J connectivity index is 2.65.